The molecule has 0 unspecified atom stereocenters. The van der Waals surface area contributed by atoms with E-state index in [1.807, 2.05) is 0 Å². The normalized spacial score (nSPS) is 11.6. The zero-order valence-corrected chi connectivity index (χ0v) is 11.5. The molecule has 0 heterocycles. The lowest BCUT2D eigenvalue weighted by Crippen LogP contribution is -2.32. The Labute approximate surface area is 105 Å². The van der Waals surface area contributed by atoms with E-state index in [0.29, 0.717) is 0 Å². The molecule has 0 aromatic heterocycles. The smallest absolute Gasteiger partial charge is 0.0504 e. The highest BCUT2D eigenvalue weighted by Gasteiger charge is 2.24. The Bertz CT molecular complexity index is 348. The minimum Gasteiger partial charge on any atom is -0.396 e. The molecule has 0 fully saturated rings. The first-order valence-corrected chi connectivity index (χ1v) is 6.49. The molecule has 0 aliphatic rings. The first-order chi connectivity index (χ1) is 8.06. The lowest BCUT2D eigenvalue weighted by atomic mass is 9.83. The number of nitrogens with one attached hydrogen (secondary N) is 1. The van der Waals surface area contributed by atoms with E-state index < -0.39 is 0 Å². The van der Waals surface area contributed by atoms with Crippen LogP contribution in [0.1, 0.15) is 37.8 Å². The van der Waals surface area contributed by atoms with Crippen molar-refractivity contribution in [3.8, 4) is 0 Å². The van der Waals surface area contributed by atoms with E-state index in [1.165, 1.54) is 16.8 Å². The molecule has 0 bridgehead atoms. The zero-order chi connectivity index (χ0) is 12.9. The third-order valence-electron chi connectivity index (χ3n) is 3.88. The summed E-state index contributed by atoms with van der Waals surface area (Å²) in [5.41, 5.74) is 3.72. The van der Waals surface area contributed by atoms with Gasteiger partial charge in [-0.25, -0.2) is 0 Å². The van der Waals surface area contributed by atoms with Crippen molar-refractivity contribution in [2.75, 3.05) is 18.5 Å². The van der Waals surface area contributed by atoms with Crippen molar-refractivity contribution in [3.63, 3.8) is 0 Å². The predicted octanol–water partition coefficient (Wildman–Crippen LogP) is 3.51. The second kappa shape index (κ2) is 6.06. The Kier molecular flexibility index (Phi) is 5.01. The molecule has 0 radical (unpaired) electrons. The summed E-state index contributed by atoms with van der Waals surface area (Å²) in [6.07, 6.45) is 2.00. The summed E-state index contributed by atoms with van der Waals surface area (Å²) in [6.45, 7) is 9.58. The van der Waals surface area contributed by atoms with E-state index in [9.17, 15) is 5.11 Å². The third-order valence-corrected chi connectivity index (χ3v) is 3.88. The van der Waals surface area contributed by atoms with Crippen LogP contribution in [0.4, 0.5) is 5.69 Å². The summed E-state index contributed by atoms with van der Waals surface area (Å²) < 4.78 is 0. The van der Waals surface area contributed by atoms with Crippen molar-refractivity contribution in [1.82, 2.24) is 0 Å². The van der Waals surface area contributed by atoms with Crippen LogP contribution in [0.25, 0.3) is 0 Å². The molecular formula is C15H25NO. The maximum absolute atomic E-state index is 9.54. The maximum Gasteiger partial charge on any atom is 0.0504 e. The summed E-state index contributed by atoms with van der Waals surface area (Å²) in [7, 11) is 0. The monoisotopic (exact) mass is 235 g/mol. The average molecular weight is 235 g/mol. The Hall–Kier alpha value is -1.02. The van der Waals surface area contributed by atoms with Crippen molar-refractivity contribution in [3.05, 3.63) is 29.3 Å². The van der Waals surface area contributed by atoms with Crippen LogP contribution in [0.2, 0.25) is 0 Å². The van der Waals surface area contributed by atoms with Crippen LogP contribution in [0, 0.1) is 19.3 Å². The molecule has 0 amide bonds. The van der Waals surface area contributed by atoms with Gasteiger partial charge in [-0.2, -0.15) is 0 Å². The molecule has 2 heteroatoms. The van der Waals surface area contributed by atoms with Crippen molar-refractivity contribution in [2.45, 2.75) is 40.5 Å². The fourth-order valence-corrected chi connectivity index (χ4v) is 1.99. The van der Waals surface area contributed by atoms with E-state index in [-0.39, 0.29) is 12.0 Å². The van der Waals surface area contributed by atoms with Crippen LogP contribution in [0.5, 0.6) is 0 Å². The van der Waals surface area contributed by atoms with Crippen molar-refractivity contribution in [1.29, 1.82) is 0 Å². The number of hydrogen-bond acceptors (Lipinski definition) is 2. The van der Waals surface area contributed by atoms with Crippen LogP contribution < -0.4 is 5.32 Å². The van der Waals surface area contributed by atoms with Crippen LogP contribution in [0.3, 0.4) is 0 Å². The Morgan fingerprint density at radius 2 is 1.82 bits per heavy atom. The first-order valence-electron chi connectivity index (χ1n) is 6.49. The molecule has 96 valence electrons. The predicted molar refractivity (Wildman–Crippen MR) is 74.5 cm³/mol. The van der Waals surface area contributed by atoms with E-state index in [1.54, 1.807) is 0 Å². The Morgan fingerprint density at radius 3 is 2.35 bits per heavy atom. The average Bonchev–Trinajstić information content (AvgIpc) is 2.35. The van der Waals surface area contributed by atoms with Gasteiger partial charge in [0.05, 0.1) is 6.61 Å². The highest BCUT2D eigenvalue weighted by Crippen LogP contribution is 2.27. The number of benzene rings is 1. The molecule has 2 N–H and O–H groups in total. The maximum atomic E-state index is 9.54. The van der Waals surface area contributed by atoms with Gasteiger partial charge in [0, 0.05) is 17.6 Å². The van der Waals surface area contributed by atoms with Gasteiger partial charge in [0.1, 0.15) is 0 Å². The lowest BCUT2D eigenvalue weighted by Gasteiger charge is -2.30. The fraction of sp³-hybridized carbons (Fsp3) is 0.600. The van der Waals surface area contributed by atoms with Crippen molar-refractivity contribution >= 4 is 5.69 Å². The number of aliphatic hydroxyl groups excluding tert-OH is 1. The van der Waals surface area contributed by atoms with Gasteiger partial charge in [0.25, 0.3) is 0 Å². The van der Waals surface area contributed by atoms with Gasteiger partial charge < -0.3 is 10.4 Å². The zero-order valence-electron chi connectivity index (χ0n) is 11.5. The number of anilines is 1. The molecule has 0 saturated carbocycles. The van der Waals surface area contributed by atoms with Crippen LogP contribution >= 0.6 is 0 Å². The number of rotatable bonds is 6. The molecule has 0 aliphatic carbocycles. The highest BCUT2D eigenvalue weighted by atomic mass is 16.3. The largest absolute Gasteiger partial charge is 0.396 e. The number of hydrogen-bond donors (Lipinski definition) is 2. The molecule has 1 aromatic carbocycles. The summed E-state index contributed by atoms with van der Waals surface area (Å²) >= 11 is 0. The number of aliphatic hydroxyl groups is 1. The molecule has 2 nitrogen and oxygen atoms in total. The molecular weight excluding hydrogens is 210 g/mol. The van der Waals surface area contributed by atoms with Crippen molar-refractivity contribution < 1.29 is 5.11 Å². The third kappa shape index (κ3) is 3.47. The van der Waals surface area contributed by atoms with Gasteiger partial charge in [-0.15, -0.1) is 0 Å². The second-order valence-corrected chi connectivity index (χ2v) is 5.04. The van der Waals surface area contributed by atoms with Gasteiger partial charge in [-0.05, 0) is 43.9 Å². The quantitative estimate of drug-likeness (QED) is 0.790. The summed E-state index contributed by atoms with van der Waals surface area (Å²) in [6, 6.07) is 6.43. The molecule has 0 aliphatic heterocycles. The lowest BCUT2D eigenvalue weighted by molar-refractivity contribution is 0.127. The van der Waals surface area contributed by atoms with E-state index in [4.69, 9.17) is 0 Å². The van der Waals surface area contributed by atoms with Crippen molar-refractivity contribution in [2.24, 2.45) is 5.41 Å². The second-order valence-electron chi connectivity index (χ2n) is 5.04. The van der Waals surface area contributed by atoms with Gasteiger partial charge in [0.2, 0.25) is 0 Å². The van der Waals surface area contributed by atoms with E-state index in [0.717, 1.165) is 19.4 Å². The summed E-state index contributed by atoms with van der Waals surface area (Å²) in [4.78, 5) is 0. The van der Waals surface area contributed by atoms with Gasteiger partial charge in [0.15, 0.2) is 0 Å². The summed E-state index contributed by atoms with van der Waals surface area (Å²) in [5.74, 6) is 0. The van der Waals surface area contributed by atoms with Gasteiger partial charge in [-0.3, -0.25) is 0 Å². The van der Waals surface area contributed by atoms with Gasteiger partial charge >= 0.3 is 0 Å². The molecule has 1 rings (SSSR count). The number of aryl methyl sites for hydroxylation is 2. The van der Waals surface area contributed by atoms with Gasteiger partial charge in [-0.1, -0.05) is 26.0 Å². The Balaban J connectivity index is 2.75. The Morgan fingerprint density at radius 1 is 1.18 bits per heavy atom. The molecule has 0 saturated heterocycles. The van der Waals surface area contributed by atoms with Crippen LogP contribution in [0.15, 0.2) is 18.2 Å². The molecule has 0 atom stereocenters. The standard InChI is InChI=1S/C15H25NO/c1-5-15(6-2,11-17)10-16-14-9-12(3)7-8-13(14)4/h7-9,16-17H,5-6,10-11H2,1-4H3. The minimum atomic E-state index is 0.0101. The topological polar surface area (TPSA) is 32.3 Å². The van der Waals surface area contributed by atoms with Crippen LogP contribution in [-0.2, 0) is 0 Å². The molecule has 1 aromatic rings. The first kappa shape index (κ1) is 14.0. The minimum absolute atomic E-state index is 0.0101. The summed E-state index contributed by atoms with van der Waals surface area (Å²) in [5, 5.41) is 13.0. The van der Waals surface area contributed by atoms with Crippen LogP contribution in [-0.4, -0.2) is 18.3 Å². The molecule has 0 spiro atoms. The highest BCUT2D eigenvalue weighted by molar-refractivity contribution is 5.52. The molecule has 17 heavy (non-hydrogen) atoms. The SMILES string of the molecule is CCC(CC)(CO)CNc1cc(C)ccc1C. The van der Waals surface area contributed by atoms with E-state index in [2.05, 4.69) is 51.2 Å². The fourth-order valence-electron chi connectivity index (χ4n) is 1.99. The van der Waals surface area contributed by atoms with E-state index >= 15 is 0 Å².